The number of hydrogen-bond acceptors (Lipinski definition) is 2. The van der Waals surface area contributed by atoms with E-state index in [0.29, 0.717) is 5.69 Å². The van der Waals surface area contributed by atoms with E-state index in [1.165, 1.54) is 0 Å². The molecular weight excluding hydrogens is 280 g/mol. The summed E-state index contributed by atoms with van der Waals surface area (Å²) in [6.07, 6.45) is 3.80. The lowest BCUT2D eigenvalue weighted by Gasteiger charge is -2.21. The van der Waals surface area contributed by atoms with E-state index in [1.54, 1.807) is 6.20 Å². The third-order valence-electron chi connectivity index (χ3n) is 2.64. The number of alkyl halides is 1. The van der Waals surface area contributed by atoms with Crippen LogP contribution in [0.4, 0.5) is 0 Å². The Morgan fingerprint density at radius 2 is 2.24 bits per heavy atom. The summed E-state index contributed by atoms with van der Waals surface area (Å²) in [5, 5.41) is 0.800. The highest BCUT2D eigenvalue weighted by Crippen LogP contribution is 2.09. The van der Waals surface area contributed by atoms with E-state index < -0.39 is 0 Å². The van der Waals surface area contributed by atoms with Gasteiger partial charge in [0.2, 0.25) is 0 Å². The minimum atomic E-state index is 0.0380. The monoisotopic (exact) mass is 298 g/mol. The fourth-order valence-corrected chi connectivity index (χ4v) is 2.05. The Morgan fingerprint density at radius 1 is 1.47 bits per heavy atom. The predicted molar refractivity (Wildman–Crippen MR) is 73.6 cm³/mol. The SMILES string of the molecule is CCCCN(CCBr)C(=O)c1ncccc1C. The van der Waals surface area contributed by atoms with Crippen LogP contribution in [0.1, 0.15) is 35.8 Å². The quantitative estimate of drug-likeness (QED) is 0.757. The van der Waals surface area contributed by atoms with Crippen LogP contribution < -0.4 is 0 Å². The number of hydrogen-bond donors (Lipinski definition) is 0. The number of halogens is 1. The van der Waals surface area contributed by atoms with Crippen molar-refractivity contribution in [3.63, 3.8) is 0 Å². The van der Waals surface area contributed by atoms with Crippen LogP contribution >= 0.6 is 15.9 Å². The van der Waals surface area contributed by atoms with Crippen LogP contribution in [0, 0.1) is 6.92 Å². The first kappa shape index (κ1) is 14.2. The molecule has 1 rings (SSSR count). The molecular formula is C13H19BrN2O. The summed E-state index contributed by atoms with van der Waals surface area (Å²) in [7, 11) is 0. The molecule has 3 nitrogen and oxygen atoms in total. The third-order valence-corrected chi connectivity index (χ3v) is 2.99. The molecule has 0 aliphatic rings. The number of aryl methyl sites for hydroxylation is 1. The van der Waals surface area contributed by atoms with E-state index in [4.69, 9.17) is 0 Å². The zero-order valence-electron chi connectivity index (χ0n) is 10.4. The maximum atomic E-state index is 12.3. The average molecular weight is 299 g/mol. The highest BCUT2D eigenvalue weighted by molar-refractivity contribution is 9.09. The largest absolute Gasteiger partial charge is 0.336 e. The second kappa shape index (κ2) is 7.43. The van der Waals surface area contributed by atoms with Crippen LogP contribution in [0.2, 0.25) is 0 Å². The summed E-state index contributed by atoms with van der Waals surface area (Å²) in [5.41, 5.74) is 1.51. The number of nitrogens with zero attached hydrogens (tertiary/aromatic N) is 2. The molecule has 0 saturated heterocycles. The first-order chi connectivity index (χ1) is 8.20. The molecule has 17 heavy (non-hydrogen) atoms. The molecule has 0 radical (unpaired) electrons. The van der Waals surface area contributed by atoms with Crippen molar-refractivity contribution in [3.05, 3.63) is 29.6 Å². The number of pyridine rings is 1. The number of rotatable bonds is 6. The molecule has 0 atom stereocenters. The van der Waals surface area contributed by atoms with Gasteiger partial charge in [-0.3, -0.25) is 9.78 Å². The minimum Gasteiger partial charge on any atom is -0.336 e. The Bertz CT molecular complexity index is 368. The first-order valence-electron chi connectivity index (χ1n) is 5.97. The lowest BCUT2D eigenvalue weighted by Crippen LogP contribution is -2.34. The van der Waals surface area contributed by atoms with Gasteiger partial charge in [-0.2, -0.15) is 0 Å². The number of amides is 1. The van der Waals surface area contributed by atoms with E-state index in [0.717, 1.165) is 36.8 Å². The van der Waals surface area contributed by atoms with E-state index in [9.17, 15) is 4.79 Å². The van der Waals surface area contributed by atoms with Gasteiger partial charge in [-0.15, -0.1) is 0 Å². The van der Waals surface area contributed by atoms with E-state index in [2.05, 4.69) is 27.8 Å². The molecule has 0 fully saturated rings. The molecule has 0 spiro atoms. The summed E-state index contributed by atoms with van der Waals surface area (Å²) >= 11 is 3.39. The molecule has 1 heterocycles. The molecule has 0 aliphatic heterocycles. The van der Waals surface area contributed by atoms with Crippen LogP contribution in [0.15, 0.2) is 18.3 Å². The highest BCUT2D eigenvalue weighted by Gasteiger charge is 2.17. The molecule has 94 valence electrons. The Hall–Kier alpha value is -0.900. The molecule has 0 N–H and O–H groups in total. The summed E-state index contributed by atoms with van der Waals surface area (Å²) < 4.78 is 0. The van der Waals surface area contributed by atoms with E-state index in [1.807, 2.05) is 24.0 Å². The standard InChI is InChI=1S/C13H19BrN2O/c1-3-4-9-16(10-7-14)13(17)12-11(2)6-5-8-15-12/h5-6,8H,3-4,7,9-10H2,1-2H3. The Morgan fingerprint density at radius 3 is 2.82 bits per heavy atom. The van der Waals surface area contributed by atoms with Gasteiger partial charge in [0.15, 0.2) is 0 Å². The topological polar surface area (TPSA) is 33.2 Å². The molecule has 4 heteroatoms. The first-order valence-corrected chi connectivity index (χ1v) is 7.09. The second-order valence-electron chi connectivity index (χ2n) is 4.00. The molecule has 0 aromatic carbocycles. The predicted octanol–water partition coefficient (Wildman–Crippen LogP) is 3.03. The van der Waals surface area contributed by atoms with Gasteiger partial charge in [0.25, 0.3) is 5.91 Å². The lowest BCUT2D eigenvalue weighted by atomic mass is 10.2. The summed E-state index contributed by atoms with van der Waals surface area (Å²) in [6, 6.07) is 3.78. The van der Waals surface area contributed by atoms with Gasteiger partial charge in [-0.05, 0) is 25.0 Å². The maximum Gasteiger partial charge on any atom is 0.272 e. The average Bonchev–Trinajstić information content (AvgIpc) is 2.34. The molecule has 0 unspecified atom stereocenters. The summed E-state index contributed by atoms with van der Waals surface area (Å²) in [4.78, 5) is 18.4. The van der Waals surface area contributed by atoms with Crippen LogP contribution in [-0.2, 0) is 0 Å². The summed E-state index contributed by atoms with van der Waals surface area (Å²) in [6.45, 7) is 5.58. The number of aromatic nitrogens is 1. The molecule has 1 aromatic rings. The molecule has 1 aromatic heterocycles. The van der Waals surface area contributed by atoms with Crippen molar-refractivity contribution in [2.75, 3.05) is 18.4 Å². The van der Waals surface area contributed by atoms with Crippen molar-refractivity contribution in [3.8, 4) is 0 Å². The Balaban J connectivity index is 2.80. The van der Waals surface area contributed by atoms with Gasteiger partial charge in [-0.1, -0.05) is 35.3 Å². The van der Waals surface area contributed by atoms with Crippen LogP contribution in [0.3, 0.4) is 0 Å². The van der Waals surface area contributed by atoms with Crippen molar-refractivity contribution in [1.82, 2.24) is 9.88 Å². The van der Waals surface area contributed by atoms with Gasteiger partial charge in [-0.25, -0.2) is 0 Å². The van der Waals surface area contributed by atoms with Crippen LogP contribution in [0.25, 0.3) is 0 Å². The van der Waals surface area contributed by atoms with Crippen molar-refractivity contribution in [1.29, 1.82) is 0 Å². The molecule has 0 aliphatic carbocycles. The second-order valence-corrected chi connectivity index (χ2v) is 4.80. The normalized spacial score (nSPS) is 10.3. The molecule has 1 amide bonds. The van der Waals surface area contributed by atoms with E-state index in [-0.39, 0.29) is 5.91 Å². The lowest BCUT2D eigenvalue weighted by molar-refractivity contribution is 0.0757. The fourth-order valence-electron chi connectivity index (χ4n) is 1.63. The molecule has 0 bridgehead atoms. The zero-order valence-corrected chi connectivity index (χ0v) is 12.0. The number of carbonyl (C=O) groups is 1. The zero-order chi connectivity index (χ0) is 12.7. The number of unbranched alkanes of at least 4 members (excludes halogenated alkanes) is 1. The highest BCUT2D eigenvalue weighted by atomic mass is 79.9. The third kappa shape index (κ3) is 4.11. The number of carbonyl (C=O) groups excluding carboxylic acids is 1. The van der Waals surface area contributed by atoms with Gasteiger partial charge >= 0.3 is 0 Å². The van der Waals surface area contributed by atoms with Crippen molar-refractivity contribution >= 4 is 21.8 Å². The maximum absolute atomic E-state index is 12.3. The van der Waals surface area contributed by atoms with Gasteiger partial charge in [0, 0.05) is 24.6 Å². The van der Waals surface area contributed by atoms with Gasteiger partial charge < -0.3 is 4.90 Å². The van der Waals surface area contributed by atoms with Gasteiger partial charge in [0.1, 0.15) is 5.69 Å². The molecule has 0 saturated carbocycles. The van der Waals surface area contributed by atoms with Gasteiger partial charge in [0.05, 0.1) is 0 Å². The minimum absolute atomic E-state index is 0.0380. The fraction of sp³-hybridized carbons (Fsp3) is 0.538. The summed E-state index contributed by atoms with van der Waals surface area (Å²) in [5.74, 6) is 0.0380. The van der Waals surface area contributed by atoms with Crippen molar-refractivity contribution in [2.24, 2.45) is 0 Å². The van der Waals surface area contributed by atoms with Crippen LogP contribution in [-0.4, -0.2) is 34.2 Å². The Labute approximate surface area is 111 Å². The van der Waals surface area contributed by atoms with E-state index >= 15 is 0 Å². The smallest absolute Gasteiger partial charge is 0.272 e. The Kier molecular flexibility index (Phi) is 6.19. The van der Waals surface area contributed by atoms with Crippen molar-refractivity contribution in [2.45, 2.75) is 26.7 Å². The van der Waals surface area contributed by atoms with Crippen molar-refractivity contribution < 1.29 is 4.79 Å². The van der Waals surface area contributed by atoms with Crippen LogP contribution in [0.5, 0.6) is 0 Å².